The van der Waals surface area contributed by atoms with Crippen molar-refractivity contribution >= 4 is 17.2 Å². The normalized spacial score (nSPS) is 10.3. The second-order valence-corrected chi connectivity index (χ2v) is 4.72. The van der Waals surface area contributed by atoms with Crippen LogP contribution in [-0.4, -0.2) is 36.0 Å². The van der Waals surface area contributed by atoms with Crippen molar-refractivity contribution in [3.05, 3.63) is 33.9 Å². The lowest BCUT2D eigenvalue weighted by Gasteiger charge is -2.19. The molecule has 20 heavy (non-hydrogen) atoms. The molecule has 1 aromatic rings. The summed E-state index contributed by atoms with van der Waals surface area (Å²) in [7, 11) is 1.85. The highest BCUT2D eigenvalue weighted by Gasteiger charge is 2.18. The summed E-state index contributed by atoms with van der Waals surface area (Å²) in [4.78, 5) is 23.7. The molecule has 0 saturated heterocycles. The van der Waals surface area contributed by atoms with Crippen LogP contribution in [0.2, 0.25) is 0 Å². The molecule has 0 fully saturated rings. The van der Waals surface area contributed by atoms with Crippen molar-refractivity contribution in [2.75, 3.05) is 25.1 Å². The van der Waals surface area contributed by atoms with E-state index in [2.05, 4.69) is 0 Å². The number of hydrogen-bond donors (Lipinski definition) is 1. The van der Waals surface area contributed by atoms with Gasteiger partial charge >= 0.3 is 0 Å². The molecule has 6 heteroatoms. The number of carbonyl (C=O) groups is 1. The van der Waals surface area contributed by atoms with Gasteiger partial charge in [0, 0.05) is 32.0 Å². The number of hydrogen-bond acceptors (Lipinski definition) is 5. The van der Waals surface area contributed by atoms with Gasteiger partial charge in [-0.15, -0.1) is 0 Å². The Bertz CT molecular complexity index is 488. The van der Waals surface area contributed by atoms with Gasteiger partial charge in [0.05, 0.1) is 10.5 Å². The van der Waals surface area contributed by atoms with Crippen LogP contribution in [0, 0.1) is 10.1 Å². The molecule has 0 amide bonds. The lowest BCUT2D eigenvalue weighted by molar-refractivity contribution is -0.385. The number of rotatable bonds is 8. The Morgan fingerprint density at radius 3 is 2.60 bits per heavy atom. The number of nitrogens with zero attached hydrogens (tertiary/aromatic N) is 2. The zero-order chi connectivity index (χ0) is 15.1. The number of nitro groups is 1. The molecular weight excluding hydrogens is 260 g/mol. The molecule has 0 spiro atoms. The van der Waals surface area contributed by atoms with Gasteiger partial charge in [0.2, 0.25) is 0 Å². The third-order valence-corrected chi connectivity index (χ3v) is 3.15. The average Bonchev–Trinajstić information content (AvgIpc) is 2.42. The summed E-state index contributed by atoms with van der Waals surface area (Å²) in [5.41, 5.74) is 0.690. The van der Waals surface area contributed by atoms with Gasteiger partial charge in [-0.3, -0.25) is 14.9 Å². The number of aliphatic hydroxyl groups is 1. The highest BCUT2D eigenvalue weighted by atomic mass is 16.6. The third kappa shape index (κ3) is 4.31. The first-order valence-corrected chi connectivity index (χ1v) is 6.58. The average molecular weight is 280 g/mol. The van der Waals surface area contributed by atoms with E-state index >= 15 is 0 Å². The Morgan fingerprint density at radius 1 is 1.35 bits per heavy atom. The fraction of sp³-hybridized carbons (Fsp3) is 0.500. The lowest BCUT2D eigenvalue weighted by atomic mass is 10.1. The van der Waals surface area contributed by atoms with Crippen LogP contribution >= 0.6 is 0 Å². The van der Waals surface area contributed by atoms with Gasteiger partial charge in [-0.25, -0.2) is 0 Å². The van der Waals surface area contributed by atoms with E-state index in [-0.39, 0.29) is 23.6 Å². The van der Waals surface area contributed by atoms with E-state index in [1.54, 1.807) is 6.07 Å². The maximum Gasteiger partial charge on any atom is 0.282 e. The molecule has 0 saturated carbocycles. The van der Waals surface area contributed by atoms with Crippen molar-refractivity contribution in [3.63, 3.8) is 0 Å². The summed E-state index contributed by atoms with van der Waals surface area (Å²) in [5, 5.41) is 19.7. The molecular formula is C14H20N2O4. The zero-order valence-corrected chi connectivity index (χ0v) is 11.8. The van der Waals surface area contributed by atoms with E-state index < -0.39 is 4.92 Å². The highest BCUT2D eigenvalue weighted by Crippen LogP contribution is 2.25. The molecule has 0 atom stereocenters. The lowest BCUT2D eigenvalue weighted by Crippen LogP contribution is -2.19. The topological polar surface area (TPSA) is 83.7 Å². The van der Waals surface area contributed by atoms with Crippen LogP contribution in [0.1, 0.15) is 36.5 Å². The molecule has 0 aliphatic heterocycles. The van der Waals surface area contributed by atoms with E-state index in [1.807, 2.05) is 11.9 Å². The summed E-state index contributed by atoms with van der Waals surface area (Å²) >= 11 is 0. The van der Waals surface area contributed by atoms with Crippen LogP contribution in [0.3, 0.4) is 0 Å². The molecule has 6 nitrogen and oxygen atoms in total. The van der Waals surface area contributed by atoms with Gasteiger partial charge in [0.1, 0.15) is 0 Å². The van der Waals surface area contributed by atoms with Crippen molar-refractivity contribution in [2.45, 2.75) is 26.2 Å². The molecule has 1 N–H and O–H groups in total. The summed E-state index contributed by atoms with van der Waals surface area (Å²) in [5.74, 6) is -0.311. The Hall–Kier alpha value is -1.95. The third-order valence-electron chi connectivity index (χ3n) is 3.15. The number of benzene rings is 1. The molecule has 0 unspecified atom stereocenters. The smallest absolute Gasteiger partial charge is 0.282 e. The van der Waals surface area contributed by atoms with Crippen LogP contribution in [0.4, 0.5) is 11.4 Å². The Balaban J connectivity index is 2.83. The van der Waals surface area contributed by atoms with Crippen molar-refractivity contribution in [1.82, 2.24) is 0 Å². The van der Waals surface area contributed by atoms with E-state index in [9.17, 15) is 14.9 Å². The Labute approximate surface area is 118 Å². The van der Waals surface area contributed by atoms with Crippen LogP contribution in [0.25, 0.3) is 0 Å². The molecule has 110 valence electrons. The number of anilines is 1. The van der Waals surface area contributed by atoms with Crippen molar-refractivity contribution in [1.29, 1.82) is 0 Å². The minimum Gasteiger partial charge on any atom is -0.396 e. The standard InChI is InChI=1S/C14H20N2O4/c1-11(18)13-7-6-12(10-14(13)16(19)20)15(2)8-4-3-5-9-17/h6-7,10,17H,3-5,8-9H2,1-2H3. The first-order chi connectivity index (χ1) is 9.47. The SMILES string of the molecule is CC(=O)c1ccc(N(C)CCCCCO)cc1[N+](=O)[O-]. The summed E-state index contributed by atoms with van der Waals surface area (Å²) in [6, 6.07) is 4.65. The number of carbonyl (C=O) groups excluding carboxylic acids is 1. The molecule has 0 bridgehead atoms. The molecule has 1 rings (SSSR count). The van der Waals surface area contributed by atoms with Gasteiger partial charge < -0.3 is 10.0 Å². The van der Waals surface area contributed by atoms with Crippen LogP contribution in [0.15, 0.2) is 18.2 Å². The molecule has 0 heterocycles. The molecule has 0 aliphatic carbocycles. The zero-order valence-electron chi connectivity index (χ0n) is 11.8. The van der Waals surface area contributed by atoms with Crippen molar-refractivity contribution < 1.29 is 14.8 Å². The number of Topliss-reactive ketones (excluding diaryl/α,β-unsaturated/α-hetero) is 1. The Morgan fingerprint density at radius 2 is 2.05 bits per heavy atom. The number of unbranched alkanes of at least 4 members (excludes halogenated alkanes) is 2. The van der Waals surface area contributed by atoms with Crippen LogP contribution in [-0.2, 0) is 0 Å². The van der Waals surface area contributed by atoms with Gasteiger partial charge in [-0.05, 0) is 38.3 Å². The van der Waals surface area contributed by atoms with Gasteiger partial charge in [-0.1, -0.05) is 0 Å². The summed E-state index contributed by atoms with van der Waals surface area (Å²) in [6.07, 6.45) is 2.57. The monoisotopic (exact) mass is 280 g/mol. The fourth-order valence-corrected chi connectivity index (χ4v) is 1.97. The predicted octanol–water partition coefficient (Wildman–Crippen LogP) is 2.40. The van der Waals surface area contributed by atoms with Gasteiger partial charge in [0.25, 0.3) is 5.69 Å². The minimum atomic E-state index is -0.528. The van der Waals surface area contributed by atoms with E-state index in [0.29, 0.717) is 5.69 Å². The van der Waals surface area contributed by atoms with Gasteiger partial charge in [0.15, 0.2) is 5.78 Å². The van der Waals surface area contributed by atoms with Crippen molar-refractivity contribution in [3.8, 4) is 0 Å². The molecule has 0 aliphatic rings. The van der Waals surface area contributed by atoms with Crippen molar-refractivity contribution in [2.24, 2.45) is 0 Å². The summed E-state index contributed by atoms with van der Waals surface area (Å²) < 4.78 is 0. The van der Waals surface area contributed by atoms with Crippen LogP contribution in [0.5, 0.6) is 0 Å². The molecule has 1 aromatic carbocycles. The second-order valence-electron chi connectivity index (χ2n) is 4.72. The molecule has 0 aromatic heterocycles. The fourth-order valence-electron chi connectivity index (χ4n) is 1.97. The molecule has 0 radical (unpaired) electrons. The highest BCUT2D eigenvalue weighted by molar-refractivity contribution is 5.98. The first-order valence-electron chi connectivity index (χ1n) is 6.58. The quantitative estimate of drug-likeness (QED) is 0.342. The summed E-state index contributed by atoms with van der Waals surface area (Å²) in [6.45, 7) is 2.25. The number of nitro benzene ring substituents is 1. The van der Waals surface area contributed by atoms with E-state index in [0.717, 1.165) is 25.8 Å². The first kappa shape index (κ1) is 16.1. The number of ketones is 1. The maximum absolute atomic E-state index is 11.4. The maximum atomic E-state index is 11.4. The largest absolute Gasteiger partial charge is 0.396 e. The van der Waals surface area contributed by atoms with Crippen LogP contribution < -0.4 is 4.90 Å². The second kappa shape index (κ2) is 7.59. The minimum absolute atomic E-state index is 0.132. The van der Waals surface area contributed by atoms with Gasteiger partial charge in [-0.2, -0.15) is 0 Å². The Kier molecular flexibility index (Phi) is 6.11. The van der Waals surface area contributed by atoms with E-state index in [4.69, 9.17) is 5.11 Å². The number of aliphatic hydroxyl groups excluding tert-OH is 1. The van der Waals surface area contributed by atoms with E-state index in [1.165, 1.54) is 19.1 Å². The predicted molar refractivity (Wildman–Crippen MR) is 77.3 cm³/mol.